The molecule has 162 valence electrons. The molecule has 2 amide bonds. The minimum Gasteiger partial charge on any atom is -0.368 e. The molecule has 2 N–H and O–H groups in total. The van der Waals surface area contributed by atoms with Crippen LogP contribution in [-0.4, -0.2) is 11.8 Å². The number of nitrogens with zero attached hydrogens (tertiary/aromatic N) is 1. The first-order valence-electron chi connectivity index (χ1n) is 11.0. The zero-order valence-electron chi connectivity index (χ0n) is 18.4. The Kier molecular flexibility index (Phi) is 5.06. The van der Waals surface area contributed by atoms with Crippen LogP contribution >= 0.6 is 0 Å². The smallest absolute Gasteiger partial charge is 0.252 e. The Balaban J connectivity index is 1.78. The van der Waals surface area contributed by atoms with Crippen LogP contribution in [-0.2, 0) is 21.5 Å². The Bertz CT molecular complexity index is 1360. The van der Waals surface area contributed by atoms with Gasteiger partial charge in [0.2, 0.25) is 5.91 Å². The summed E-state index contributed by atoms with van der Waals surface area (Å²) in [5, 5.41) is 0. The first-order chi connectivity index (χ1) is 16.0. The normalized spacial score (nSPS) is 14.0. The van der Waals surface area contributed by atoms with Crippen LogP contribution in [0.1, 0.15) is 22.3 Å². The van der Waals surface area contributed by atoms with Crippen LogP contribution in [0.2, 0.25) is 0 Å². The quantitative estimate of drug-likeness (QED) is 0.462. The van der Waals surface area contributed by atoms with Gasteiger partial charge < -0.3 is 10.6 Å². The van der Waals surface area contributed by atoms with E-state index in [-0.39, 0.29) is 5.91 Å². The highest BCUT2D eigenvalue weighted by Gasteiger charge is 2.51. The van der Waals surface area contributed by atoms with E-state index < -0.39 is 11.3 Å². The van der Waals surface area contributed by atoms with Gasteiger partial charge in [0.05, 0.1) is 12.2 Å². The lowest BCUT2D eigenvalue weighted by Crippen LogP contribution is -2.56. The molecule has 5 rings (SSSR count). The summed E-state index contributed by atoms with van der Waals surface area (Å²) in [5.74, 6) is -1.04. The third-order valence-corrected chi connectivity index (χ3v) is 6.52. The Morgan fingerprint density at radius 1 is 0.758 bits per heavy atom. The van der Waals surface area contributed by atoms with Gasteiger partial charge in [-0.25, -0.2) is 0 Å². The van der Waals surface area contributed by atoms with Gasteiger partial charge in [0, 0.05) is 5.56 Å². The van der Waals surface area contributed by atoms with Gasteiger partial charge in [-0.3, -0.25) is 9.59 Å². The van der Waals surface area contributed by atoms with Crippen molar-refractivity contribution < 1.29 is 9.59 Å². The van der Waals surface area contributed by atoms with E-state index in [1.54, 1.807) is 17.0 Å². The summed E-state index contributed by atoms with van der Waals surface area (Å²) in [5.41, 5.74) is 10.3. The van der Waals surface area contributed by atoms with Crippen LogP contribution in [0.3, 0.4) is 0 Å². The van der Waals surface area contributed by atoms with E-state index in [4.69, 9.17) is 5.73 Å². The zero-order valence-corrected chi connectivity index (χ0v) is 18.4. The highest BCUT2D eigenvalue weighted by molar-refractivity contribution is 6.20. The fourth-order valence-electron chi connectivity index (χ4n) is 4.95. The maximum absolute atomic E-state index is 14.6. The van der Waals surface area contributed by atoms with Crippen molar-refractivity contribution in [2.45, 2.75) is 18.9 Å². The SMILES string of the molecule is Cc1ccccc1C(C(N)=O)(C(=O)N1Cc2ccccc2-c2ccccc21)c1ccccc1. The standard InChI is InChI=1S/C29H24N2O2/c1-20-11-5-9-17-25(20)29(27(30)32,22-13-3-2-4-14-22)28(33)31-19-21-12-6-7-15-23(21)24-16-8-10-18-26(24)31/h2-18H,19H2,1H3,(H2,30,32). The Labute approximate surface area is 193 Å². The molecule has 0 radical (unpaired) electrons. The predicted molar refractivity (Wildman–Crippen MR) is 131 cm³/mol. The molecule has 4 aromatic carbocycles. The molecule has 1 heterocycles. The lowest BCUT2D eigenvalue weighted by Gasteiger charge is -2.39. The van der Waals surface area contributed by atoms with Crippen molar-refractivity contribution in [1.29, 1.82) is 0 Å². The highest BCUT2D eigenvalue weighted by Crippen LogP contribution is 2.43. The average Bonchev–Trinajstić information content (AvgIpc) is 2.85. The van der Waals surface area contributed by atoms with Crippen molar-refractivity contribution >= 4 is 17.5 Å². The molecule has 4 aromatic rings. The molecule has 4 heteroatoms. The zero-order chi connectivity index (χ0) is 23.0. The first kappa shape index (κ1) is 20.7. The molecule has 4 nitrogen and oxygen atoms in total. The molecule has 1 aliphatic heterocycles. The number of anilines is 1. The van der Waals surface area contributed by atoms with Crippen LogP contribution in [0.4, 0.5) is 5.69 Å². The number of amides is 2. The van der Waals surface area contributed by atoms with Crippen molar-refractivity contribution in [3.05, 3.63) is 125 Å². The van der Waals surface area contributed by atoms with E-state index >= 15 is 0 Å². The van der Waals surface area contributed by atoms with E-state index in [0.717, 1.165) is 27.9 Å². The third-order valence-electron chi connectivity index (χ3n) is 6.52. The van der Waals surface area contributed by atoms with E-state index in [1.165, 1.54) is 0 Å². The number of hydrogen-bond acceptors (Lipinski definition) is 2. The van der Waals surface area contributed by atoms with Crippen molar-refractivity contribution in [2.75, 3.05) is 4.90 Å². The number of nitrogens with two attached hydrogens (primary N) is 1. The number of rotatable bonds is 4. The van der Waals surface area contributed by atoms with Crippen molar-refractivity contribution in [3.8, 4) is 11.1 Å². The minimum atomic E-state index is -1.66. The number of aryl methyl sites for hydroxylation is 1. The van der Waals surface area contributed by atoms with Gasteiger partial charge >= 0.3 is 0 Å². The molecular weight excluding hydrogens is 408 g/mol. The van der Waals surface area contributed by atoms with Crippen LogP contribution in [0.25, 0.3) is 11.1 Å². The molecule has 0 spiro atoms. The molecule has 1 aliphatic rings. The van der Waals surface area contributed by atoms with Gasteiger partial charge in [-0.05, 0) is 40.8 Å². The van der Waals surface area contributed by atoms with E-state index in [2.05, 4.69) is 6.07 Å². The number of carbonyl (C=O) groups excluding carboxylic acids is 2. The van der Waals surface area contributed by atoms with Crippen molar-refractivity contribution in [3.63, 3.8) is 0 Å². The van der Waals surface area contributed by atoms with E-state index in [9.17, 15) is 9.59 Å². The average molecular weight is 433 g/mol. The Hall–Kier alpha value is -4.18. The Morgan fingerprint density at radius 3 is 2.09 bits per heavy atom. The fourth-order valence-corrected chi connectivity index (χ4v) is 4.95. The number of para-hydroxylation sites is 1. The fraction of sp³-hybridized carbons (Fsp3) is 0.103. The van der Waals surface area contributed by atoms with Gasteiger partial charge in [0.25, 0.3) is 5.91 Å². The molecule has 33 heavy (non-hydrogen) atoms. The van der Waals surface area contributed by atoms with Crippen molar-refractivity contribution in [2.24, 2.45) is 5.73 Å². The molecule has 0 saturated heterocycles. The number of hydrogen-bond donors (Lipinski definition) is 1. The van der Waals surface area contributed by atoms with Crippen LogP contribution in [0.15, 0.2) is 103 Å². The van der Waals surface area contributed by atoms with Crippen LogP contribution < -0.4 is 10.6 Å². The van der Waals surface area contributed by atoms with E-state index in [1.807, 2.05) is 91.9 Å². The third kappa shape index (κ3) is 3.14. The van der Waals surface area contributed by atoms with Crippen molar-refractivity contribution in [1.82, 2.24) is 0 Å². The molecule has 0 aromatic heterocycles. The van der Waals surface area contributed by atoms with Gasteiger partial charge in [0.1, 0.15) is 0 Å². The largest absolute Gasteiger partial charge is 0.368 e. The number of carbonyl (C=O) groups is 2. The summed E-state index contributed by atoms with van der Waals surface area (Å²) >= 11 is 0. The topological polar surface area (TPSA) is 63.4 Å². The van der Waals surface area contributed by atoms with Crippen LogP contribution in [0, 0.1) is 6.92 Å². The second-order valence-corrected chi connectivity index (χ2v) is 8.36. The summed E-state index contributed by atoms with van der Waals surface area (Å²) in [6, 6.07) is 32.5. The monoisotopic (exact) mass is 432 g/mol. The van der Waals surface area contributed by atoms with E-state index in [0.29, 0.717) is 17.7 Å². The maximum atomic E-state index is 14.6. The lowest BCUT2D eigenvalue weighted by atomic mass is 9.70. The summed E-state index contributed by atoms with van der Waals surface area (Å²) in [7, 11) is 0. The number of primary amides is 1. The lowest BCUT2D eigenvalue weighted by molar-refractivity contribution is -0.132. The Morgan fingerprint density at radius 2 is 1.36 bits per heavy atom. The molecule has 0 fully saturated rings. The summed E-state index contributed by atoms with van der Waals surface area (Å²) in [6.07, 6.45) is 0. The summed E-state index contributed by atoms with van der Waals surface area (Å²) in [4.78, 5) is 29.7. The van der Waals surface area contributed by atoms with Gasteiger partial charge in [-0.2, -0.15) is 0 Å². The second-order valence-electron chi connectivity index (χ2n) is 8.36. The number of benzene rings is 4. The molecule has 0 saturated carbocycles. The molecule has 1 atom stereocenters. The molecule has 0 aliphatic carbocycles. The van der Waals surface area contributed by atoms with Gasteiger partial charge in [-0.15, -0.1) is 0 Å². The van der Waals surface area contributed by atoms with Crippen LogP contribution in [0.5, 0.6) is 0 Å². The minimum absolute atomic E-state index is 0.350. The van der Waals surface area contributed by atoms with Gasteiger partial charge in [0.15, 0.2) is 5.41 Å². The highest BCUT2D eigenvalue weighted by atomic mass is 16.2. The second kappa shape index (κ2) is 8.06. The summed E-state index contributed by atoms with van der Waals surface area (Å²) < 4.78 is 0. The first-order valence-corrected chi connectivity index (χ1v) is 11.0. The number of fused-ring (bicyclic) bond motifs is 3. The maximum Gasteiger partial charge on any atom is 0.252 e. The molecular formula is C29H24N2O2. The molecule has 1 unspecified atom stereocenters. The predicted octanol–water partition coefficient (Wildman–Crippen LogP) is 4.98. The summed E-state index contributed by atoms with van der Waals surface area (Å²) in [6.45, 7) is 2.27. The van der Waals surface area contributed by atoms with Gasteiger partial charge in [-0.1, -0.05) is 97.1 Å². The molecule has 0 bridgehead atoms.